The quantitative estimate of drug-likeness (QED) is 0.560. The average molecular weight is 424 g/mol. The predicted molar refractivity (Wildman–Crippen MR) is 106 cm³/mol. The van der Waals surface area contributed by atoms with Crippen LogP contribution in [-0.4, -0.2) is 56.2 Å². The molecule has 2 amide bonds. The maximum Gasteiger partial charge on any atom is 0.408 e. The van der Waals surface area contributed by atoms with Gasteiger partial charge in [0.15, 0.2) is 0 Å². The topological polar surface area (TPSA) is 124 Å². The van der Waals surface area contributed by atoms with Crippen LogP contribution in [0.25, 0.3) is 0 Å². The third-order valence-corrected chi connectivity index (χ3v) is 5.73. The molecule has 2 aliphatic heterocycles. The van der Waals surface area contributed by atoms with E-state index < -0.39 is 36.2 Å². The lowest BCUT2D eigenvalue weighted by Crippen LogP contribution is -2.52. The number of amides is 2. The molecule has 2 aromatic carbocycles. The Bertz CT molecular complexity index is 984. The molecule has 2 atom stereocenters. The second kappa shape index (κ2) is 8.10. The highest BCUT2D eigenvalue weighted by Gasteiger charge is 2.40. The fraction of sp³-hybridized carbons (Fsp3) is 0.273. The lowest BCUT2D eigenvalue weighted by molar-refractivity contribution is -0.167. The maximum absolute atomic E-state index is 12.8. The van der Waals surface area contributed by atoms with Crippen molar-refractivity contribution < 1.29 is 34.1 Å². The molecule has 4 rings (SSSR count). The van der Waals surface area contributed by atoms with Crippen molar-refractivity contribution in [3.05, 3.63) is 70.8 Å². The van der Waals surface area contributed by atoms with Gasteiger partial charge in [-0.05, 0) is 22.3 Å². The third-order valence-electron chi connectivity index (χ3n) is 5.73. The molecule has 0 aromatic heterocycles. The second-order valence-electron chi connectivity index (χ2n) is 7.54. The van der Waals surface area contributed by atoms with Crippen LogP contribution in [0.1, 0.15) is 22.3 Å². The van der Waals surface area contributed by atoms with Gasteiger partial charge in [-0.2, -0.15) is 0 Å². The molecule has 0 saturated carbocycles. The predicted octanol–water partition coefficient (Wildman–Crippen LogP) is 2.27. The number of ether oxygens (including phenoxy) is 1. The number of carbonyl (C=O) groups is 4. The minimum Gasteiger partial charge on any atom is -0.465 e. The van der Waals surface area contributed by atoms with Crippen LogP contribution in [0.2, 0.25) is 0 Å². The van der Waals surface area contributed by atoms with E-state index in [1.807, 2.05) is 0 Å². The standard InChI is InChI=1S/C22H20N2O7/c25-19(17-9-13-5-1-3-7-15(13)11-23(17)21(27)28)31-20(26)18-10-14-6-2-4-8-16(14)12-24(18)22(29)30/h1-8,17-18H,9-12H2,(H,27,28)(H,29,30)/t17-,18-/m1/s1. The van der Waals surface area contributed by atoms with Crippen molar-refractivity contribution in [1.82, 2.24) is 9.80 Å². The van der Waals surface area contributed by atoms with Crippen LogP contribution < -0.4 is 0 Å². The van der Waals surface area contributed by atoms with Gasteiger partial charge < -0.3 is 14.9 Å². The van der Waals surface area contributed by atoms with Gasteiger partial charge in [0.25, 0.3) is 0 Å². The summed E-state index contributed by atoms with van der Waals surface area (Å²) in [6.07, 6.45) is -2.46. The summed E-state index contributed by atoms with van der Waals surface area (Å²) < 4.78 is 5.03. The van der Waals surface area contributed by atoms with E-state index in [1.54, 1.807) is 48.5 Å². The van der Waals surface area contributed by atoms with Crippen LogP contribution in [-0.2, 0) is 40.3 Å². The first-order valence-corrected chi connectivity index (χ1v) is 9.73. The Labute approximate surface area is 177 Å². The van der Waals surface area contributed by atoms with Crippen LogP contribution in [0.3, 0.4) is 0 Å². The van der Waals surface area contributed by atoms with E-state index in [1.165, 1.54) is 0 Å². The fourth-order valence-corrected chi connectivity index (χ4v) is 4.10. The average Bonchev–Trinajstić information content (AvgIpc) is 2.77. The number of hydrogen-bond acceptors (Lipinski definition) is 5. The van der Waals surface area contributed by atoms with E-state index in [-0.39, 0.29) is 25.9 Å². The fourth-order valence-electron chi connectivity index (χ4n) is 4.10. The number of esters is 2. The molecular weight excluding hydrogens is 404 g/mol. The number of hydrogen-bond donors (Lipinski definition) is 2. The Hall–Kier alpha value is -3.88. The molecular formula is C22H20N2O7. The Morgan fingerprint density at radius 2 is 1.03 bits per heavy atom. The van der Waals surface area contributed by atoms with Crippen molar-refractivity contribution in [1.29, 1.82) is 0 Å². The number of rotatable bonds is 2. The summed E-state index contributed by atoms with van der Waals surface area (Å²) in [4.78, 5) is 50.8. The molecule has 2 N–H and O–H groups in total. The highest BCUT2D eigenvalue weighted by molar-refractivity contribution is 5.94. The van der Waals surface area contributed by atoms with Crippen LogP contribution in [0, 0.1) is 0 Å². The lowest BCUT2D eigenvalue weighted by atomic mass is 9.93. The highest BCUT2D eigenvalue weighted by Crippen LogP contribution is 2.26. The summed E-state index contributed by atoms with van der Waals surface area (Å²) in [7, 11) is 0. The van der Waals surface area contributed by atoms with Crippen LogP contribution in [0.4, 0.5) is 9.59 Å². The molecule has 0 saturated heterocycles. The summed E-state index contributed by atoms with van der Waals surface area (Å²) >= 11 is 0. The molecule has 0 spiro atoms. The number of benzene rings is 2. The van der Waals surface area contributed by atoms with Gasteiger partial charge in [0, 0.05) is 12.8 Å². The van der Waals surface area contributed by atoms with Crippen LogP contribution >= 0.6 is 0 Å². The third kappa shape index (κ3) is 3.94. The van der Waals surface area contributed by atoms with E-state index in [9.17, 15) is 29.4 Å². The van der Waals surface area contributed by atoms with E-state index in [0.29, 0.717) is 0 Å². The SMILES string of the molecule is O=C(OC(=O)[C@H]1Cc2ccccc2CN1C(=O)O)[C@H]1Cc2ccccc2CN1C(=O)O. The largest absolute Gasteiger partial charge is 0.465 e. The summed E-state index contributed by atoms with van der Waals surface area (Å²) in [5, 5.41) is 19.1. The lowest BCUT2D eigenvalue weighted by Gasteiger charge is -2.35. The first-order valence-electron chi connectivity index (χ1n) is 9.73. The van der Waals surface area contributed by atoms with Gasteiger partial charge in [-0.25, -0.2) is 19.2 Å². The number of fused-ring (bicyclic) bond motifs is 2. The van der Waals surface area contributed by atoms with Crippen molar-refractivity contribution >= 4 is 24.1 Å². The van der Waals surface area contributed by atoms with E-state index >= 15 is 0 Å². The molecule has 2 heterocycles. The van der Waals surface area contributed by atoms with Gasteiger partial charge in [0.05, 0.1) is 13.1 Å². The van der Waals surface area contributed by atoms with Gasteiger partial charge in [0.1, 0.15) is 12.1 Å². The summed E-state index contributed by atoms with van der Waals surface area (Å²) in [6.45, 7) is -0.00492. The van der Waals surface area contributed by atoms with Crippen LogP contribution in [0.5, 0.6) is 0 Å². The van der Waals surface area contributed by atoms with E-state index in [0.717, 1.165) is 32.1 Å². The van der Waals surface area contributed by atoms with Gasteiger partial charge in [-0.1, -0.05) is 48.5 Å². The summed E-state index contributed by atoms with van der Waals surface area (Å²) in [6, 6.07) is 11.9. The Balaban J connectivity index is 1.54. The van der Waals surface area contributed by atoms with Gasteiger partial charge in [-0.3, -0.25) is 9.80 Å². The molecule has 9 nitrogen and oxygen atoms in total. The second-order valence-corrected chi connectivity index (χ2v) is 7.54. The Kier molecular flexibility index (Phi) is 5.33. The number of carboxylic acid groups (broad SMARTS) is 2. The van der Waals surface area contributed by atoms with Crippen molar-refractivity contribution in [2.24, 2.45) is 0 Å². The smallest absolute Gasteiger partial charge is 0.408 e. The van der Waals surface area contributed by atoms with Gasteiger partial charge in [0.2, 0.25) is 0 Å². The number of nitrogens with zero attached hydrogens (tertiary/aromatic N) is 2. The van der Waals surface area contributed by atoms with E-state index in [2.05, 4.69) is 0 Å². The minimum atomic E-state index is -1.30. The zero-order valence-corrected chi connectivity index (χ0v) is 16.4. The zero-order valence-electron chi connectivity index (χ0n) is 16.4. The Morgan fingerprint density at radius 3 is 1.39 bits per heavy atom. The molecule has 9 heteroatoms. The van der Waals surface area contributed by atoms with Crippen molar-refractivity contribution in [3.8, 4) is 0 Å². The molecule has 31 heavy (non-hydrogen) atoms. The van der Waals surface area contributed by atoms with E-state index in [4.69, 9.17) is 4.74 Å². The first-order chi connectivity index (χ1) is 14.8. The van der Waals surface area contributed by atoms with Crippen molar-refractivity contribution in [2.75, 3.05) is 0 Å². The molecule has 2 aliphatic rings. The molecule has 160 valence electrons. The molecule has 0 radical (unpaired) electrons. The Morgan fingerprint density at radius 1 is 0.677 bits per heavy atom. The molecule has 0 aliphatic carbocycles. The van der Waals surface area contributed by atoms with Crippen LogP contribution in [0.15, 0.2) is 48.5 Å². The van der Waals surface area contributed by atoms with Gasteiger partial charge in [-0.15, -0.1) is 0 Å². The molecule has 0 bridgehead atoms. The first kappa shape index (κ1) is 20.4. The van der Waals surface area contributed by atoms with Gasteiger partial charge >= 0.3 is 24.1 Å². The maximum atomic E-state index is 12.8. The summed E-state index contributed by atoms with van der Waals surface area (Å²) in [5.74, 6) is -2.02. The molecule has 2 aromatic rings. The normalized spacial score (nSPS) is 19.7. The highest BCUT2D eigenvalue weighted by atomic mass is 16.6. The number of carbonyl (C=O) groups excluding carboxylic acids is 2. The molecule has 0 fully saturated rings. The minimum absolute atomic E-state index is 0.00246. The zero-order chi connectivity index (χ0) is 22.1. The summed E-state index contributed by atoms with van der Waals surface area (Å²) in [5.41, 5.74) is 3.16. The van der Waals surface area contributed by atoms with Crippen molar-refractivity contribution in [2.45, 2.75) is 38.0 Å². The molecule has 0 unspecified atom stereocenters. The van der Waals surface area contributed by atoms with Crippen molar-refractivity contribution in [3.63, 3.8) is 0 Å². The monoisotopic (exact) mass is 424 g/mol.